The van der Waals surface area contributed by atoms with Crippen LogP contribution < -0.4 is 15.5 Å². The maximum absolute atomic E-state index is 12.1. The van der Waals surface area contributed by atoms with Crippen molar-refractivity contribution in [1.82, 2.24) is 5.43 Å². The van der Waals surface area contributed by atoms with Crippen molar-refractivity contribution in [2.75, 3.05) is 5.32 Å². The minimum Gasteiger partial charge on any atom is -0.423 e. The molecule has 0 unspecified atom stereocenters. The van der Waals surface area contributed by atoms with Gasteiger partial charge in [-0.2, -0.15) is 5.10 Å². The van der Waals surface area contributed by atoms with Crippen molar-refractivity contribution < 1.29 is 19.1 Å². The molecule has 0 saturated heterocycles. The fourth-order valence-corrected chi connectivity index (χ4v) is 2.61. The van der Waals surface area contributed by atoms with Gasteiger partial charge in [-0.15, -0.1) is 0 Å². The summed E-state index contributed by atoms with van der Waals surface area (Å²) < 4.78 is 5.29. The number of para-hydroxylation sites is 1. The van der Waals surface area contributed by atoms with E-state index in [9.17, 15) is 14.4 Å². The Morgan fingerprint density at radius 2 is 1.58 bits per heavy atom. The van der Waals surface area contributed by atoms with Crippen LogP contribution in [0.25, 0.3) is 0 Å². The zero-order chi connectivity index (χ0) is 22.2. The molecule has 0 fully saturated rings. The molecule has 3 aromatic carbocycles. The summed E-state index contributed by atoms with van der Waals surface area (Å²) in [6.07, 6.45) is 1.36. The maximum atomic E-state index is 12.1. The van der Waals surface area contributed by atoms with E-state index in [0.29, 0.717) is 27.6 Å². The highest BCUT2D eigenvalue weighted by molar-refractivity contribution is 6.39. The number of carbonyl (C=O) groups excluding carboxylic acids is 3. The molecule has 0 spiro atoms. The highest BCUT2D eigenvalue weighted by Crippen LogP contribution is 2.15. The Labute approximate surface area is 183 Å². The van der Waals surface area contributed by atoms with Crippen molar-refractivity contribution in [3.63, 3.8) is 0 Å². The number of carbonyl (C=O) groups is 3. The molecule has 0 atom stereocenters. The van der Waals surface area contributed by atoms with Crippen LogP contribution in [0.15, 0.2) is 77.9 Å². The number of hydrazone groups is 1. The Hall–Kier alpha value is -3.97. The third-order valence-corrected chi connectivity index (χ3v) is 4.40. The average molecular weight is 436 g/mol. The maximum Gasteiger partial charge on any atom is 0.343 e. The first-order valence-corrected chi connectivity index (χ1v) is 9.58. The van der Waals surface area contributed by atoms with Crippen LogP contribution in [-0.4, -0.2) is 24.0 Å². The first kappa shape index (κ1) is 21.7. The van der Waals surface area contributed by atoms with Gasteiger partial charge in [0.15, 0.2) is 0 Å². The summed E-state index contributed by atoms with van der Waals surface area (Å²) in [6.45, 7) is 1.82. The van der Waals surface area contributed by atoms with Crippen LogP contribution in [0.1, 0.15) is 21.5 Å². The van der Waals surface area contributed by atoms with Crippen LogP contribution >= 0.6 is 11.6 Å². The Morgan fingerprint density at radius 3 is 2.26 bits per heavy atom. The van der Waals surface area contributed by atoms with E-state index in [4.69, 9.17) is 16.3 Å². The molecular weight excluding hydrogens is 418 g/mol. The van der Waals surface area contributed by atoms with E-state index in [2.05, 4.69) is 15.8 Å². The summed E-state index contributed by atoms with van der Waals surface area (Å²) in [4.78, 5) is 35.9. The van der Waals surface area contributed by atoms with E-state index in [-0.39, 0.29) is 0 Å². The Morgan fingerprint density at radius 1 is 0.903 bits per heavy atom. The van der Waals surface area contributed by atoms with Crippen LogP contribution in [0.5, 0.6) is 5.75 Å². The predicted octanol–water partition coefficient (Wildman–Crippen LogP) is 3.96. The summed E-state index contributed by atoms with van der Waals surface area (Å²) in [7, 11) is 0. The number of nitrogens with zero attached hydrogens (tertiary/aromatic N) is 1. The molecule has 0 aliphatic rings. The molecule has 0 aliphatic carbocycles. The monoisotopic (exact) mass is 435 g/mol. The van der Waals surface area contributed by atoms with Crippen LogP contribution in [-0.2, 0) is 9.59 Å². The summed E-state index contributed by atoms with van der Waals surface area (Å²) in [5.41, 5.74) is 4.56. The van der Waals surface area contributed by atoms with E-state index in [1.54, 1.807) is 60.7 Å². The zero-order valence-electron chi connectivity index (χ0n) is 16.5. The van der Waals surface area contributed by atoms with Gasteiger partial charge in [0.2, 0.25) is 0 Å². The van der Waals surface area contributed by atoms with Gasteiger partial charge in [-0.3, -0.25) is 9.59 Å². The summed E-state index contributed by atoms with van der Waals surface area (Å²) >= 11 is 5.80. The van der Waals surface area contributed by atoms with Gasteiger partial charge in [-0.05, 0) is 72.6 Å². The molecule has 0 bridgehead atoms. The van der Waals surface area contributed by atoms with Crippen molar-refractivity contribution in [3.8, 4) is 5.75 Å². The lowest BCUT2D eigenvalue weighted by atomic mass is 10.2. The third kappa shape index (κ3) is 6.25. The van der Waals surface area contributed by atoms with Crippen LogP contribution in [0.4, 0.5) is 5.69 Å². The minimum atomic E-state index is -0.895. The van der Waals surface area contributed by atoms with Crippen molar-refractivity contribution in [2.45, 2.75) is 6.92 Å². The van der Waals surface area contributed by atoms with E-state index >= 15 is 0 Å². The number of hydrogen-bond acceptors (Lipinski definition) is 5. The molecule has 3 aromatic rings. The molecule has 2 amide bonds. The average Bonchev–Trinajstić information content (AvgIpc) is 2.77. The molecule has 3 rings (SSSR count). The Bertz CT molecular complexity index is 1130. The Balaban J connectivity index is 1.51. The molecular formula is C23H18ClN3O4. The number of nitrogens with one attached hydrogen (secondary N) is 2. The second-order valence-electron chi connectivity index (χ2n) is 6.43. The van der Waals surface area contributed by atoms with E-state index in [1.807, 2.05) is 19.1 Å². The first-order chi connectivity index (χ1) is 14.9. The SMILES string of the molecule is Cc1ccccc1NC(=O)C(=O)N/N=C\c1ccc(OC(=O)c2ccc(Cl)cc2)cc1. The fourth-order valence-electron chi connectivity index (χ4n) is 2.48. The fraction of sp³-hybridized carbons (Fsp3) is 0.0435. The summed E-state index contributed by atoms with van der Waals surface area (Å²) in [5.74, 6) is -1.88. The molecule has 0 aliphatic heterocycles. The van der Waals surface area contributed by atoms with Crippen LogP contribution in [0.2, 0.25) is 5.02 Å². The van der Waals surface area contributed by atoms with Gasteiger partial charge in [0.25, 0.3) is 0 Å². The molecule has 156 valence electrons. The molecule has 2 N–H and O–H groups in total. The number of benzene rings is 3. The Kier molecular flexibility index (Phi) is 7.13. The molecule has 0 radical (unpaired) electrons. The number of aryl methyl sites for hydroxylation is 1. The highest BCUT2D eigenvalue weighted by Gasteiger charge is 2.13. The van der Waals surface area contributed by atoms with Crippen LogP contribution in [0, 0.1) is 6.92 Å². The zero-order valence-corrected chi connectivity index (χ0v) is 17.2. The number of halogens is 1. The molecule has 0 heterocycles. The topological polar surface area (TPSA) is 96.9 Å². The van der Waals surface area contributed by atoms with E-state index in [1.165, 1.54) is 6.21 Å². The molecule has 8 heteroatoms. The van der Waals surface area contributed by atoms with Crippen molar-refractivity contribution in [2.24, 2.45) is 5.10 Å². The smallest absolute Gasteiger partial charge is 0.343 e. The molecule has 7 nitrogen and oxygen atoms in total. The van der Waals surface area contributed by atoms with E-state index < -0.39 is 17.8 Å². The lowest BCUT2D eigenvalue weighted by Gasteiger charge is -2.06. The number of ether oxygens (including phenoxy) is 1. The second-order valence-corrected chi connectivity index (χ2v) is 6.87. The molecule has 0 saturated carbocycles. The number of esters is 1. The standard InChI is InChI=1S/C23H18ClN3O4/c1-15-4-2-3-5-20(15)26-21(28)22(29)27-25-14-16-6-12-19(13-7-16)31-23(30)17-8-10-18(24)11-9-17/h2-14H,1H3,(H,26,28)(H,27,29)/b25-14-. The number of anilines is 1. The lowest BCUT2D eigenvalue weighted by Crippen LogP contribution is -2.32. The van der Waals surface area contributed by atoms with E-state index in [0.717, 1.165) is 5.56 Å². The van der Waals surface area contributed by atoms with Crippen LogP contribution in [0.3, 0.4) is 0 Å². The summed E-state index contributed by atoms with van der Waals surface area (Å²) in [6, 6.07) is 19.9. The number of hydrogen-bond donors (Lipinski definition) is 2. The normalized spacial score (nSPS) is 10.5. The second kappa shape index (κ2) is 10.2. The predicted molar refractivity (Wildman–Crippen MR) is 118 cm³/mol. The van der Waals surface area contributed by atoms with Gasteiger partial charge in [0.1, 0.15) is 5.75 Å². The number of rotatable bonds is 5. The quantitative estimate of drug-likeness (QED) is 0.208. The van der Waals surface area contributed by atoms with Gasteiger partial charge >= 0.3 is 17.8 Å². The van der Waals surface area contributed by atoms with Crippen molar-refractivity contribution in [3.05, 3.63) is 94.5 Å². The highest BCUT2D eigenvalue weighted by atomic mass is 35.5. The van der Waals surface area contributed by atoms with Gasteiger partial charge < -0.3 is 10.1 Å². The van der Waals surface area contributed by atoms with Gasteiger partial charge in [0, 0.05) is 10.7 Å². The largest absolute Gasteiger partial charge is 0.423 e. The van der Waals surface area contributed by atoms with Gasteiger partial charge in [-0.1, -0.05) is 29.8 Å². The third-order valence-electron chi connectivity index (χ3n) is 4.15. The number of amides is 2. The van der Waals surface area contributed by atoms with Crippen molar-refractivity contribution in [1.29, 1.82) is 0 Å². The molecule has 0 aromatic heterocycles. The van der Waals surface area contributed by atoms with Gasteiger partial charge in [0.05, 0.1) is 11.8 Å². The molecule has 31 heavy (non-hydrogen) atoms. The lowest BCUT2D eigenvalue weighted by molar-refractivity contribution is -0.136. The van der Waals surface area contributed by atoms with Gasteiger partial charge in [-0.25, -0.2) is 10.2 Å². The minimum absolute atomic E-state index is 0.346. The first-order valence-electron chi connectivity index (χ1n) is 9.20. The van der Waals surface area contributed by atoms with Crippen molar-refractivity contribution >= 4 is 41.3 Å². The summed E-state index contributed by atoms with van der Waals surface area (Å²) in [5, 5.41) is 6.82.